The molecule has 0 spiro atoms. The normalized spacial score (nSPS) is 18.5. The Kier molecular flexibility index (Phi) is 6.38. The molecule has 1 aliphatic rings. The number of carbonyl (C=O) groups is 1. The molecule has 2 aromatic heterocycles. The van der Waals surface area contributed by atoms with Crippen LogP contribution in [0.15, 0.2) is 45.6 Å². The van der Waals surface area contributed by atoms with Gasteiger partial charge in [0.25, 0.3) is 0 Å². The van der Waals surface area contributed by atoms with Crippen LogP contribution in [0.1, 0.15) is 37.7 Å². The first kappa shape index (κ1) is 19.7. The van der Waals surface area contributed by atoms with Gasteiger partial charge in [-0.1, -0.05) is 6.92 Å². The molecular weight excluding hydrogens is 368 g/mol. The summed E-state index contributed by atoms with van der Waals surface area (Å²) in [7, 11) is -3.30. The highest BCUT2D eigenvalue weighted by Crippen LogP contribution is 2.24. The van der Waals surface area contributed by atoms with Gasteiger partial charge in [0.05, 0.1) is 37.3 Å². The molecule has 0 saturated carbocycles. The van der Waals surface area contributed by atoms with E-state index in [1.54, 1.807) is 29.6 Å². The number of piperidine rings is 1. The summed E-state index contributed by atoms with van der Waals surface area (Å²) in [5.41, 5.74) is 0. The Balaban J connectivity index is 1.74. The number of carbonyl (C=O) groups excluding carboxylic acids is 1. The molecule has 0 radical (unpaired) electrons. The van der Waals surface area contributed by atoms with Gasteiger partial charge in [0, 0.05) is 13.1 Å². The zero-order valence-corrected chi connectivity index (χ0v) is 16.4. The number of hydrogen-bond acceptors (Lipinski definition) is 5. The van der Waals surface area contributed by atoms with Crippen LogP contribution in [0.3, 0.4) is 0 Å². The topological polar surface area (TPSA) is 84.0 Å². The zero-order chi connectivity index (χ0) is 19.3. The molecule has 1 fully saturated rings. The summed E-state index contributed by atoms with van der Waals surface area (Å²) >= 11 is 0. The highest BCUT2D eigenvalue weighted by atomic mass is 32.2. The van der Waals surface area contributed by atoms with Crippen molar-refractivity contribution in [2.24, 2.45) is 5.92 Å². The maximum absolute atomic E-state index is 13.2. The van der Waals surface area contributed by atoms with Gasteiger partial charge in [0.1, 0.15) is 11.5 Å². The van der Waals surface area contributed by atoms with Crippen molar-refractivity contribution in [2.45, 2.75) is 39.3 Å². The van der Waals surface area contributed by atoms with Gasteiger partial charge in [-0.2, -0.15) is 0 Å². The molecule has 3 rings (SSSR count). The monoisotopic (exact) mass is 394 g/mol. The summed E-state index contributed by atoms with van der Waals surface area (Å²) in [4.78, 5) is 14.9. The van der Waals surface area contributed by atoms with Crippen molar-refractivity contribution in [3.8, 4) is 0 Å². The van der Waals surface area contributed by atoms with Crippen LogP contribution in [-0.4, -0.2) is 42.4 Å². The fourth-order valence-electron chi connectivity index (χ4n) is 3.43. The van der Waals surface area contributed by atoms with Gasteiger partial charge in [-0.3, -0.25) is 4.79 Å². The summed E-state index contributed by atoms with van der Waals surface area (Å²) in [6.45, 7) is 3.23. The number of sulfonamides is 1. The van der Waals surface area contributed by atoms with Crippen LogP contribution in [0.4, 0.5) is 0 Å². The van der Waals surface area contributed by atoms with Gasteiger partial charge in [-0.25, -0.2) is 12.7 Å². The van der Waals surface area contributed by atoms with E-state index in [0.29, 0.717) is 50.4 Å². The Morgan fingerprint density at radius 3 is 2.33 bits per heavy atom. The summed E-state index contributed by atoms with van der Waals surface area (Å²) in [5.74, 6) is 1.06. The van der Waals surface area contributed by atoms with Crippen molar-refractivity contribution in [2.75, 3.05) is 18.8 Å². The molecule has 1 unspecified atom stereocenters. The van der Waals surface area contributed by atoms with Crippen LogP contribution >= 0.6 is 0 Å². The lowest BCUT2D eigenvalue weighted by Crippen LogP contribution is -2.46. The minimum absolute atomic E-state index is 0.0702. The van der Waals surface area contributed by atoms with Crippen LogP contribution in [0.25, 0.3) is 0 Å². The van der Waals surface area contributed by atoms with E-state index >= 15 is 0 Å². The highest BCUT2D eigenvalue weighted by molar-refractivity contribution is 7.89. The summed E-state index contributed by atoms with van der Waals surface area (Å²) in [6, 6.07) is 7.21. The molecule has 1 atom stereocenters. The molecule has 1 saturated heterocycles. The number of nitrogens with zero attached hydrogens (tertiary/aromatic N) is 2. The smallest absolute Gasteiger partial charge is 0.227 e. The number of furan rings is 2. The predicted molar refractivity (Wildman–Crippen MR) is 100 cm³/mol. The predicted octanol–water partition coefficient (Wildman–Crippen LogP) is 2.85. The van der Waals surface area contributed by atoms with Gasteiger partial charge in [-0.05, 0) is 43.5 Å². The standard InChI is InChI=1S/C19H26N2O5S/c1-2-12-27(23,24)21-9-3-6-16(13-21)19(22)20(14-17-7-4-10-25-17)15-18-8-5-11-26-18/h4-5,7-8,10-11,16H,2-3,6,9,12-15H2,1H3. The van der Waals surface area contributed by atoms with Crippen molar-refractivity contribution in [3.05, 3.63) is 48.3 Å². The molecule has 1 aliphatic heterocycles. The van der Waals surface area contributed by atoms with Crippen LogP contribution < -0.4 is 0 Å². The molecule has 0 N–H and O–H groups in total. The van der Waals surface area contributed by atoms with E-state index in [1.807, 2.05) is 19.1 Å². The van der Waals surface area contributed by atoms with Crippen LogP contribution in [0, 0.1) is 5.92 Å². The van der Waals surface area contributed by atoms with E-state index in [2.05, 4.69) is 0 Å². The molecule has 7 nitrogen and oxygen atoms in total. The molecule has 8 heteroatoms. The second-order valence-corrected chi connectivity index (χ2v) is 8.95. The second-order valence-electron chi connectivity index (χ2n) is 6.87. The van der Waals surface area contributed by atoms with E-state index in [9.17, 15) is 13.2 Å². The van der Waals surface area contributed by atoms with E-state index < -0.39 is 10.0 Å². The lowest BCUT2D eigenvalue weighted by molar-refractivity contribution is -0.138. The Morgan fingerprint density at radius 1 is 1.19 bits per heavy atom. The molecule has 0 aromatic carbocycles. The van der Waals surface area contributed by atoms with E-state index in [-0.39, 0.29) is 24.1 Å². The Hall–Kier alpha value is -2.06. The Morgan fingerprint density at radius 2 is 1.81 bits per heavy atom. The third-order valence-corrected chi connectivity index (χ3v) is 6.80. The van der Waals surface area contributed by atoms with Crippen LogP contribution in [0.2, 0.25) is 0 Å². The highest BCUT2D eigenvalue weighted by Gasteiger charge is 2.34. The van der Waals surface area contributed by atoms with Crippen molar-refractivity contribution in [3.63, 3.8) is 0 Å². The third-order valence-electron chi connectivity index (χ3n) is 4.75. The van der Waals surface area contributed by atoms with Crippen molar-refractivity contribution in [1.29, 1.82) is 0 Å². The largest absolute Gasteiger partial charge is 0.467 e. The maximum Gasteiger partial charge on any atom is 0.227 e. The first-order valence-electron chi connectivity index (χ1n) is 9.31. The molecule has 2 aromatic rings. The lowest BCUT2D eigenvalue weighted by Gasteiger charge is -2.34. The van der Waals surface area contributed by atoms with Gasteiger partial charge >= 0.3 is 0 Å². The van der Waals surface area contributed by atoms with Crippen molar-refractivity contribution < 1.29 is 22.0 Å². The Labute approximate surface area is 160 Å². The molecule has 0 aliphatic carbocycles. The molecular formula is C19H26N2O5S. The van der Waals surface area contributed by atoms with Gasteiger partial charge in [0.2, 0.25) is 15.9 Å². The van der Waals surface area contributed by atoms with E-state index in [1.165, 1.54) is 4.31 Å². The number of amides is 1. The number of hydrogen-bond donors (Lipinski definition) is 0. The quantitative estimate of drug-likeness (QED) is 0.687. The second kappa shape index (κ2) is 8.75. The maximum atomic E-state index is 13.2. The zero-order valence-electron chi connectivity index (χ0n) is 15.5. The average molecular weight is 394 g/mol. The summed E-state index contributed by atoms with van der Waals surface area (Å²) in [6.07, 6.45) is 5.09. The minimum Gasteiger partial charge on any atom is -0.467 e. The number of rotatable bonds is 8. The fraction of sp³-hybridized carbons (Fsp3) is 0.526. The molecule has 1 amide bonds. The summed E-state index contributed by atoms with van der Waals surface area (Å²) < 4.78 is 37.1. The van der Waals surface area contributed by atoms with E-state index in [4.69, 9.17) is 8.83 Å². The van der Waals surface area contributed by atoms with Crippen LogP contribution in [-0.2, 0) is 27.9 Å². The molecule has 3 heterocycles. The SMILES string of the molecule is CCCS(=O)(=O)N1CCCC(C(=O)N(Cc2ccco2)Cc2ccco2)C1. The van der Waals surface area contributed by atoms with Gasteiger partial charge in [0.15, 0.2) is 0 Å². The van der Waals surface area contributed by atoms with Crippen molar-refractivity contribution in [1.82, 2.24) is 9.21 Å². The summed E-state index contributed by atoms with van der Waals surface area (Å²) in [5, 5.41) is 0. The van der Waals surface area contributed by atoms with E-state index in [0.717, 1.165) is 0 Å². The van der Waals surface area contributed by atoms with Gasteiger partial charge < -0.3 is 13.7 Å². The fourth-order valence-corrected chi connectivity index (χ4v) is 5.02. The van der Waals surface area contributed by atoms with Crippen LogP contribution in [0.5, 0.6) is 0 Å². The third kappa shape index (κ3) is 5.01. The molecule has 148 valence electrons. The molecule has 0 bridgehead atoms. The first-order valence-corrected chi connectivity index (χ1v) is 10.9. The Bertz CT molecular complexity index is 778. The lowest BCUT2D eigenvalue weighted by atomic mass is 9.98. The minimum atomic E-state index is -3.30. The molecule has 27 heavy (non-hydrogen) atoms. The average Bonchev–Trinajstić information content (AvgIpc) is 3.35. The first-order chi connectivity index (χ1) is 13.0. The van der Waals surface area contributed by atoms with Crippen molar-refractivity contribution >= 4 is 15.9 Å². The van der Waals surface area contributed by atoms with Gasteiger partial charge in [-0.15, -0.1) is 0 Å².